The minimum absolute atomic E-state index is 0.00569. The van der Waals surface area contributed by atoms with Crippen molar-refractivity contribution in [1.29, 1.82) is 0 Å². The molecule has 67 heavy (non-hydrogen) atoms. The standard InChI is InChI=1S/C62H64BN3O/c1-58(2,3)35-23-25-46-42(27-35)43-28-37(60(7,8)9)33-51-55(43)65(46)52-34-38(61(10,11)12)30-45-56(52)66(51)50-32-39(62(13,14)15)31-49-54(50)63(45)44-29-36(59(4,5)6)24-26-47(44)64(49)48-21-18-20-41-40-19-16-17-22-53(40)67-57(41)48/h16-34H,1-15H3. The normalized spacial score (nSPS) is 14.7. The number of nitrogens with zero attached hydrogens (tertiary/aromatic N) is 3. The average molecular weight is 878 g/mol. The molecule has 0 amide bonds. The molecule has 0 aliphatic carbocycles. The summed E-state index contributed by atoms with van der Waals surface area (Å²) >= 11 is 0. The van der Waals surface area contributed by atoms with E-state index >= 15 is 0 Å². The van der Waals surface area contributed by atoms with Gasteiger partial charge in [0.25, 0.3) is 6.71 Å². The number of para-hydroxylation sites is 2. The summed E-state index contributed by atoms with van der Waals surface area (Å²) in [5, 5.41) is 4.91. The minimum Gasteiger partial charge on any atom is -0.454 e. The Morgan fingerprint density at radius 1 is 0.388 bits per heavy atom. The van der Waals surface area contributed by atoms with E-state index in [1.165, 1.54) is 100 Å². The first-order chi connectivity index (χ1) is 31.4. The molecule has 5 heteroatoms. The fourth-order valence-corrected chi connectivity index (χ4v) is 11.5. The van der Waals surface area contributed by atoms with Crippen molar-refractivity contribution in [3.8, 4) is 5.69 Å². The van der Waals surface area contributed by atoms with Gasteiger partial charge in [-0.3, -0.25) is 0 Å². The maximum atomic E-state index is 6.94. The Bertz CT molecular complexity index is 3620. The zero-order valence-electron chi connectivity index (χ0n) is 42.3. The topological polar surface area (TPSA) is 24.6 Å². The van der Waals surface area contributed by atoms with E-state index in [1.807, 2.05) is 0 Å². The van der Waals surface area contributed by atoms with Crippen LogP contribution in [0.2, 0.25) is 0 Å². The molecule has 0 saturated carbocycles. The molecule has 3 aliphatic rings. The second-order valence-corrected chi connectivity index (χ2v) is 25.2. The molecule has 7 aromatic carbocycles. The fourth-order valence-electron chi connectivity index (χ4n) is 11.5. The van der Waals surface area contributed by atoms with E-state index in [-0.39, 0.29) is 33.8 Å². The van der Waals surface area contributed by atoms with E-state index < -0.39 is 0 Å². The first-order valence-electron chi connectivity index (χ1n) is 24.5. The van der Waals surface area contributed by atoms with Gasteiger partial charge in [-0.1, -0.05) is 158 Å². The SMILES string of the molecule is CC(C)(C)c1ccc2c(c1)B1c3cc(C(C)(C)C)cc4c3N(c3cc(C(C)(C)C)cc(c31)N2c1cccc2c1oc1ccccc12)c1cc(C(C)(C)C)cc2c3cc(C(C)(C)C)ccc3n-4c12. The fraction of sp³-hybridized carbons (Fsp3) is 0.323. The van der Waals surface area contributed by atoms with Gasteiger partial charge in [0.05, 0.1) is 33.8 Å². The van der Waals surface area contributed by atoms with E-state index in [4.69, 9.17) is 4.42 Å². The first-order valence-corrected chi connectivity index (χ1v) is 24.5. The molecule has 4 nitrogen and oxygen atoms in total. The minimum atomic E-state index is -0.149. The highest BCUT2D eigenvalue weighted by Crippen LogP contribution is 2.55. The Balaban J connectivity index is 1.29. The summed E-state index contributed by atoms with van der Waals surface area (Å²) in [7, 11) is 0. The summed E-state index contributed by atoms with van der Waals surface area (Å²) in [6.07, 6.45) is 0. The molecule has 12 rings (SSSR count). The van der Waals surface area contributed by atoms with Gasteiger partial charge in [-0.25, -0.2) is 0 Å². The van der Waals surface area contributed by atoms with Crippen LogP contribution in [-0.4, -0.2) is 11.3 Å². The summed E-state index contributed by atoms with van der Waals surface area (Å²) < 4.78 is 9.59. The molecule has 336 valence electrons. The summed E-state index contributed by atoms with van der Waals surface area (Å²) in [6, 6.07) is 45.1. The number of furan rings is 1. The number of rotatable bonds is 1. The summed E-state index contributed by atoms with van der Waals surface area (Å²) in [4.78, 5) is 5.27. The van der Waals surface area contributed by atoms with Crippen LogP contribution in [-0.2, 0) is 27.1 Å². The van der Waals surface area contributed by atoms with Crippen molar-refractivity contribution >= 4 is 101 Å². The smallest absolute Gasteiger partial charge is 0.252 e. The van der Waals surface area contributed by atoms with Crippen LogP contribution in [0.1, 0.15) is 132 Å². The molecule has 0 bridgehead atoms. The lowest BCUT2D eigenvalue weighted by atomic mass is 9.33. The number of hydrogen-bond acceptors (Lipinski definition) is 3. The van der Waals surface area contributed by atoms with Crippen LogP contribution in [0.25, 0.3) is 49.4 Å². The highest BCUT2D eigenvalue weighted by Gasteiger charge is 2.48. The maximum Gasteiger partial charge on any atom is 0.252 e. The van der Waals surface area contributed by atoms with E-state index in [1.54, 1.807) is 0 Å². The Morgan fingerprint density at radius 3 is 1.61 bits per heavy atom. The van der Waals surface area contributed by atoms with Crippen molar-refractivity contribution in [2.75, 3.05) is 9.80 Å². The lowest BCUT2D eigenvalue weighted by Gasteiger charge is -2.47. The molecule has 5 heterocycles. The lowest BCUT2D eigenvalue weighted by molar-refractivity contribution is 0.589. The van der Waals surface area contributed by atoms with Gasteiger partial charge in [0.1, 0.15) is 5.58 Å². The highest BCUT2D eigenvalue weighted by atomic mass is 16.3. The quantitative estimate of drug-likeness (QED) is 0.154. The van der Waals surface area contributed by atoms with Crippen LogP contribution < -0.4 is 26.2 Å². The summed E-state index contributed by atoms with van der Waals surface area (Å²) in [6.45, 7) is 35.4. The maximum absolute atomic E-state index is 6.94. The van der Waals surface area contributed by atoms with Crippen LogP contribution in [0.4, 0.5) is 34.1 Å². The Labute approximate surface area is 397 Å². The van der Waals surface area contributed by atoms with Crippen LogP contribution in [0.5, 0.6) is 0 Å². The number of benzene rings is 7. The molecule has 0 atom stereocenters. The van der Waals surface area contributed by atoms with Crippen molar-refractivity contribution in [2.45, 2.75) is 131 Å². The van der Waals surface area contributed by atoms with Gasteiger partial charge >= 0.3 is 0 Å². The molecular weight excluding hydrogens is 814 g/mol. The Morgan fingerprint density at radius 2 is 0.925 bits per heavy atom. The average Bonchev–Trinajstić information content (AvgIpc) is 3.80. The molecule has 0 fully saturated rings. The number of fused-ring (bicyclic) bond motifs is 12. The second-order valence-electron chi connectivity index (χ2n) is 25.2. The van der Waals surface area contributed by atoms with Gasteiger partial charge in [0.15, 0.2) is 5.58 Å². The third kappa shape index (κ3) is 5.98. The van der Waals surface area contributed by atoms with Gasteiger partial charge in [-0.15, -0.1) is 0 Å². The van der Waals surface area contributed by atoms with Gasteiger partial charge in [0.2, 0.25) is 0 Å². The van der Waals surface area contributed by atoms with Crippen LogP contribution >= 0.6 is 0 Å². The molecule has 0 unspecified atom stereocenters. The van der Waals surface area contributed by atoms with Crippen LogP contribution in [0.3, 0.4) is 0 Å². The predicted octanol–water partition coefficient (Wildman–Crippen LogP) is 15.6. The molecule has 9 aromatic rings. The molecule has 0 radical (unpaired) electrons. The molecular formula is C62H64BN3O. The van der Waals surface area contributed by atoms with E-state index in [0.717, 1.165) is 27.6 Å². The number of hydrogen-bond donors (Lipinski definition) is 0. The second kappa shape index (κ2) is 13.3. The van der Waals surface area contributed by atoms with Crippen LogP contribution in [0, 0.1) is 0 Å². The number of aromatic nitrogens is 1. The van der Waals surface area contributed by atoms with Gasteiger partial charge in [0, 0.05) is 38.6 Å². The zero-order valence-corrected chi connectivity index (χ0v) is 42.3. The summed E-state index contributed by atoms with van der Waals surface area (Å²) in [5.74, 6) is 0. The van der Waals surface area contributed by atoms with Gasteiger partial charge in [-0.2, -0.15) is 0 Å². The van der Waals surface area contributed by atoms with E-state index in [9.17, 15) is 0 Å². The highest BCUT2D eigenvalue weighted by molar-refractivity contribution is 7.00. The third-order valence-electron chi connectivity index (χ3n) is 15.4. The third-order valence-corrected chi connectivity index (χ3v) is 15.4. The van der Waals surface area contributed by atoms with Crippen molar-refractivity contribution in [2.24, 2.45) is 0 Å². The van der Waals surface area contributed by atoms with Crippen molar-refractivity contribution < 1.29 is 4.42 Å². The summed E-state index contributed by atoms with van der Waals surface area (Å²) in [5.41, 5.74) is 23.2. The monoisotopic (exact) mass is 878 g/mol. The van der Waals surface area contributed by atoms with Gasteiger partial charge < -0.3 is 18.8 Å². The molecule has 0 N–H and O–H groups in total. The van der Waals surface area contributed by atoms with E-state index in [2.05, 4.69) is 233 Å². The van der Waals surface area contributed by atoms with E-state index in [0.29, 0.717) is 0 Å². The van der Waals surface area contributed by atoms with Crippen molar-refractivity contribution in [3.05, 3.63) is 143 Å². The molecule has 3 aliphatic heterocycles. The van der Waals surface area contributed by atoms with Crippen LogP contribution in [0.15, 0.2) is 120 Å². The largest absolute Gasteiger partial charge is 0.454 e. The number of anilines is 6. The van der Waals surface area contributed by atoms with Crippen molar-refractivity contribution in [3.63, 3.8) is 0 Å². The zero-order chi connectivity index (χ0) is 47.2. The van der Waals surface area contributed by atoms with Crippen molar-refractivity contribution in [1.82, 2.24) is 4.57 Å². The lowest BCUT2D eigenvalue weighted by Crippen LogP contribution is -2.62. The van der Waals surface area contributed by atoms with Gasteiger partial charge in [-0.05, 0) is 132 Å². The predicted molar refractivity (Wildman–Crippen MR) is 289 cm³/mol. The molecule has 0 spiro atoms. The molecule has 0 saturated heterocycles. The Kier molecular flexibility index (Phi) is 8.36. The molecule has 2 aromatic heterocycles. The Hall–Kier alpha value is -6.20. The first kappa shape index (κ1) is 42.2.